The van der Waals surface area contributed by atoms with Crippen LogP contribution < -0.4 is 0 Å². The zero-order chi connectivity index (χ0) is 13.0. The minimum atomic E-state index is -0.322. The van der Waals surface area contributed by atoms with Crippen molar-refractivity contribution in [3.63, 3.8) is 0 Å². The lowest BCUT2D eigenvalue weighted by atomic mass is 10.0. The van der Waals surface area contributed by atoms with Gasteiger partial charge in [-0.05, 0) is 41.5 Å². The van der Waals surface area contributed by atoms with E-state index < -0.39 is 0 Å². The Morgan fingerprint density at radius 2 is 1.89 bits per heavy atom. The van der Waals surface area contributed by atoms with E-state index in [1.807, 2.05) is 0 Å². The highest BCUT2D eigenvalue weighted by Gasteiger charge is 2.01. The molecule has 2 aromatic carbocycles. The summed E-state index contributed by atoms with van der Waals surface area (Å²) in [6.45, 7) is 0. The molecule has 0 atom stereocenters. The number of rotatable bonds is 2. The van der Waals surface area contributed by atoms with Crippen molar-refractivity contribution in [2.24, 2.45) is 0 Å². The molecule has 0 N–H and O–H groups in total. The molecule has 0 fully saturated rings. The molecule has 1 nitrogen and oxygen atoms in total. The average molecular weight is 258 g/mol. The molecule has 3 heteroatoms. The van der Waals surface area contributed by atoms with E-state index in [1.54, 1.807) is 42.5 Å². The molecule has 0 saturated carbocycles. The molecule has 0 amide bonds. The molecule has 0 radical (unpaired) electrons. The van der Waals surface area contributed by atoms with Gasteiger partial charge in [0.25, 0.3) is 0 Å². The molecular weight excluding hydrogens is 249 g/mol. The molecule has 0 aliphatic heterocycles. The second kappa shape index (κ2) is 5.48. The van der Waals surface area contributed by atoms with E-state index in [9.17, 15) is 4.39 Å². The number of nitrogens with zero attached hydrogens (tertiary/aromatic N) is 1. The van der Waals surface area contributed by atoms with E-state index in [-0.39, 0.29) is 5.82 Å². The van der Waals surface area contributed by atoms with Gasteiger partial charge in [0.2, 0.25) is 0 Å². The van der Waals surface area contributed by atoms with E-state index >= 15 is 0 Å². The third-order valence-corrected chi connectivity index (χ3v) is 2.69. The van der Waals surface area contributed by atoms with Gasteiger partial charge in [0, 0.05) is 5.02 Å². The first kappa shape index (κ1) is 12.3. The minimum absolute atomic E-state index is 0.322. The Hall–Kier alpha value is -2.11. The van der Waals surface area contributed by atoms with Gasteiger partial charge in [0.15, 0.2) is 0 Å². The zero-order valence-electron chi connectivity index (χ0n) is 9.40. The first-order valence-corrected chi connectivity index (χ1v) is 5.70. The highest BCUT2D eigenvalue weighted by molar-refractivity contribution is 6.30. The topological polar surface area (TPSA) is 23.8 Å². The fourth-order valence-electron chi connectivity index (χ4n) is 1.57. The second-order valence-corrected chi connectivity index (χ2v) is 4.17. The van der Waals surface area contributed by atoms with Gasteiger partial charge >= 0.3 is 0 Å². The molecule has 18 heavy (non-hydrogen) atoms. The molecule has 2 aromatic rings. The maximum absolute atomic E-state index is 13.0. The Morgan fingerprint density at radius 1 is 1.17 bits per heavy atom. The molecule has 0 unspecified atom stereocenters. The summed E-state index contributed by atoms with van der Waals surface area (Å²) in [5, 5.41) is 9.75. The summed E-state index contributed by atoms with van der Waals surface area (Å²) in [4.78, 5) is 0. The molecule has 0 saturated heterocycles. The summed E-state index contributed by atoms with van der Waals surface area (Å²) in [6.07, 6.45) is 1.65. The molecule has 0 bridgehead atoms. The van der Waals surface area contributed by atoms with Gasteiger partial charge in [-0.25, -0.2) is 4.39 Å². The Labute approximate surface area is 110 Å². The van der Waals surface area contributed by atoms with Crippen LogP contribution in [0.25, 0.3) is 11.6 Å². The van der Waals surface area contributed by atoms with Crippen LogP contribution >= 0.6 is 11.6 Å². The van der Waals surface area contributed by atoms with Crippen molar-refractivity contribution in [2.75, 3.05) is 0 Å². The smallest absolute Gasteiger partial charge is 0.123 e. The lowest BCUT2D eigenvalue weighted by Crippen LogP contribution is -1.82. The third kappa shape index (κ3) is 2.97. The number of hydrogen-bond acceptors (Lipinski definition) is 1. The van der Waals surface area contributed by atoms with Crippen LogP contribution in [-0.2, 0) is 0 Å². The Morgan fingerprint density at radius 3 is 2.50 bits per heavy atom. The number of nitriles is 1. The second-order valence-electron chi connectivity index (χ2n) is 3.73. The third-order valence-electron chi connectivity index (χ3n) is 2.44. The standard InChI is InChI=1S/C15H9ClFN/c16-14-6-4-12(5-7-14)13(10-18)8-11-2-1-3-15(17)9-11/h1-9H/b13-8-. The normalized spacial score (nSPS) is 11.1. The van der Waals surface area contributed by atoms with E-state index in [0.717, 1.165) is 5.56 Å². The molecule has 88 valence electrons. The first-order valence-electron chi connectivity index (χ1n) is 5.32. The molecular formula is C15H9ClFN. The number of allylic oxidation sites excluding steroid dienone is 1. The van der Waals surface area contributed by atoms with Crippen LogP contribution in [0.4, 0.5) is 4.39 Å². The van der Waals surface area contributed by atoms with Crippen molar-refractivity contribution in [1.82, 2.24) is 0 Å². The van der Waals surface area contributed by atoms with Crippen LogP contribution in [-0.4, -0.2) is 0 Å². The van der Waals surface area contributed by atoms with Gasteiger partial charge in [-0.1, -0.05) is 35.9 Å². The van der Waals surface area contributed by atoms with Gasteiger partial charge in [-0.2, -0.15) is 5.26 Å². The van der Waals surface area contributed by atoms with E-state index in [2.05, 4.69) is 6.07 Å². The highest BCUT2D eigenvalue weighted by atomic mass is 35.5. The van der Waals surface area contributed by atoms with Gasteiger partial charge in [-0.15, -0.1) is 0 Å². The van der Waals surface area contributed by atoms with E-state index in [0.29, 0.717) is 16.2 Å². The Kier molecular flexibility index (Phi) is 3.76. The van der Waals surface area contributed by atoms with Crippen molar-refractivity contribution in [2.45, 2.75) is 0 Å². The zero-order valence-corrected chi connectivity index (χ0v) is 10.2. The van der Waals surface area contributed by atoms with Crippen LogP contribution in [0, 0.1) is 17.1 Å². The number of halogens is 2. The molecule has 0 heterocycles. The summed E-state index contributed by atoms with van der Waals surface area (Å²) in [6, 6.07) is 15.2. The van der Waals surface area contributed by atoms with Crippen LogP contribution in [0.5, 0.6) is 0 Å². The predicted octanol–water partition coefficient (Wildman–Crippen LogP) is 4.54. The summed E-state index contributed by atoms with van der Waals surface area (Å²) >= 11 is 5.79. The summed E-state index contributed by atoms with van der Waals surface area (Å²) < 4.78 is 13.0. The van der Waals surface area contributed by atoms with Crippen LogP contribution in [0.1, 0.15) is 11.1 Å². The Balaban J connectivity index is 2.40. The van der Waals surface area contributed by atoms with Crippen LogP contribution in [0.15, 0.2) is 48.5 Å². The first-order chi connectivity index (χ1) is 8.69. The summed E-state index contributed by atoms with van der Waals surface area (Å²) in [5.41, 5.74) is 1.88. The van der Waals surface area contributed by atoms with Gasteiger partial charge < -0.3 is 0 Å². The molecule has 2 rings (SSSR count). The molecule has 0 aromatic heterocycles. The van der Waals surface area contributed by atoms with Gasteiger partial charge in [-0.3, -0.25) is 0 Å². The predicted molar refractivity (Wildman–Crippen MR) is 71.3 cm³/mol. The fourth-order valence-corrected chi connectivity index (χ4v) is 1.70. The van der Waals surface area contributed by atoms with Gasteiger partial charge in [0.1, 0.15) is 5.82 Å². The van der Waals surface area contributed by atoms with Crippen LogP contribution in [0.2, 0.25) is 5.02 Å². The quantitative estimate of drug-likeness (QED) is 0.572. The van der Waals surface area contributed by atoms with Crippen molar-refractivity contribution in [3.8, 4) is 6.07 Å². The van der Waals surface area contributed by atoms with Crippen LogP contribution in [0.3, 0.4) is 0 Å². The highest BCUT2D eigenvalue weighted by Crippen LogP contribution is 2.20. The number of benzene rings is 2. The van der Waals surface area contributed by atoms with Gasteiger partial charge in [0.05, 0.1) is 11.6 Å². The number of hydrogen-bond donors (Lipinski definition) is 0. The SMILES string of the molecule is N#C/C(=C/c1cccc(F)c1)c1ccc(Cl)cc1. The maximum atomic E-state index is 13.0. The molecule has 0 spiro atoms. The molecule has 0 aliphatic carbocycles. The fraction of sp³-hybridized carbons (Fsp3) is 0. The van der Waals surface area contributed by atoms with Crippen molar-refractivity contribution >= 4 is 23.3 Å². The Bertz CT molecular complexity index is 624. The van der Waals surface area contributed by atoms with Crippen molar-refractivity contribution < 1.29 is 4.39 Å². The largest absolute Gasteiger partial charge is 0.207 e. The monoisotopic (exact) mass is 257 g/mol. The van der Waals surface area contributed by atoms with Crippen molar-refractivity contribution in [3.05, 3.63) is 70.5 Å². The van der Waals surface area contributed by atoms with Crippen molar-refractivity contribution in [1.29, 1.82) is 5.26 Å². The lowest BCUT2D eigenvalue weighted by Gasteiger charge is -2.00. The molecule has 0 aliphatic rings. The minimum Gasteiger partial charge on any atom is -0.207 e. The average Bonchev–Trinajstić information content (AvgIpc) is 2.37. The summed E-state index contributed by atoms with van der Waals surface area (Å²) in [7, 11) is 0. The lowest BCUT2D eigenvalue weighted by molar-refractivity contribution is 0.627. The van der Waals surface area contributed by atoms with E-state index in [1.165, 1.54) is 12.1 Å². The van der Waals surface area contributed by atoms with E-state index in [4.69, 9.17) is 16.9 Å². The summed E-state index contributed by atoms with van der Waals surface area (Å²) in [5.74, 6) is -0.322. The maximum Gasteiger partial charge on any atom is 0.123 e.